The van der Waals surface area contributed by atoms with Crippen LogP contribution >= 0.6 is 11.6 Å². The Morgan fingerprint density at radius 2 is 1.94 bits per heavy atom. The van der Waals surface area contributed by atoms with E-state index >= 15 is 0 Å². The van der Waals surface area contributed by atoms with Gasteiger partial charge in [0.2, 0.25) is 10.0 Å². The van der Waals surface area contributed by atoms with Crippen LogP contribution in [0.1, 0.15) is 13.8 Å². The molecule has 96 valence electrons. The minimum atomic E-state index is -3.58. The van der Waals surface area contributed by atoms with Gasteiger partial charge in [-0.1, -0.05) is 37.6 Å². The third kappa shape index (κ3) is 3.96. The van der Waals surface area contributed by atoms with Crippen molar-refractivity contribution in [3.8, 4) is 0 Å². The monoisotopic (exact) mass is 276 g/mol. The van der Waals surface area contributed by atoms with E-state index in [1.54, 1.807) is 18.2 Å². The number of halogens is 1. The first kappa shape index (κ1) is 14.4. The van der Waals surface area contributed by atoms with Crippen molar-refractivity contribution in [2.45, 2.75) is 24.8 Å². The third-order valence-corrected chi connectivity index (χ3v) is 4.41. The molecule has 4 nitrogen and oxygen atoms in total. The topological polar surface area (TPSA) is 72.2 Å². The van der Waals surface area contributed by atoms with Gasteiger partial charge in [-0.15, -0.1) is 0 Å². The van der Waals surface area contributed by atoms with Crippen LogP contribution in [0.3, 0.4) is 0 Å². The number of rotatable bonds is 5. The molecule has 0 radical (unpaired) electrons. The number of sulfonamides is 1. The van der Waals surface area contributed by atoms with Crippen molar-refractivity contribution in [3.05, 3.63) is 29.3 Å². The Balaban J connectivity index is 2.80. The van der Waals surface area contributed by atoms with Crippen LogP contribution in [0, 0.1) is 5.92 Å². The van der Waals surface area contributed by atoms with Crippen LogP contribution in [0.2, 0.25) is 5.02 Å². The van der Waals surface area contributed by atoms with Crippen LogP contribution < -0.4 is 10.5 Å². The summed E-state index contributed by atoms with van der Waals surface area (Å²) in [6.07, 6.45) is 0. The minimum absolute atomic E-state index is 0.0811. The summed E-state index contributed by atoms with van der Waals surface area (Å²) in [4.78, 5) is 0.0811. The Kier molecular flexibility index (Phi) is 4.94. The van der Waals surface area contributed by atoms with Crippen molar-refractivity contribution in [3.63, 3.8) is 0 Å². The molecule has 0 aliphatic heterocycles. The van der Waals surface area contributed by atoms with Crippen molar-refractivity contribution in [1.82, 2.24) is 4.72 Å². The van der Waals surface area contributed by atoms with Gasteiger partial charge in [-0.25, -0.2) is 13.1 Å². The normalized spacial score (nSPS) is 13.9. The van der Waals surface area contributed by atoms with Gasteiger partial charge in [0.1, 0.15) is 4.90 Å². The molecule has 1 unspecified atom stereocenters. The molecule has 0 amide bonds. The van der Waals surface area contributed by atoms with E-state index in [1.807, 2.05) is 13.8 Å². The molecule has 1 rings (SSSR count). The van der Waals surface area contributed by atoms with Crippen LogP contribution in [0.25, 0.3) is 0 Å². The van der Waals surface area contributed by atoms with Crippen molar-refractivity contribution >= 4 is 21.6 Å². The van der Waals surface area contributed by atoms with Crippen molar-refractivity contribution < 1.29 is 8.42 Å². The van der Waals surface area contributed by atoms with Crippen LogP contribution in [0.5, 0.6) is 0 Å². The summed E-state index contributed by atoms with van der Waals surface area (Å²) in [7, 11) is -3.58. The second-order valence-corrected chi connectivity index (χ2v) is 6.33. The third-order valence-electron chi connectivity index (χ3n) is 2.49. The van der Waals surface area contributed by atoms with Gasteiger partial charge in [0, 0.05) is 12.6 Å². The zero-order valence-electron chi connectivity index (χ0n) is 9.85. The molecule has 1 aromatic rings. The van der Waals surface area contributed by atoms with Gasteiger partial charge < -0.3 is 5.73 Å². The fourth-order valence-corrected chi connectivity index (χ4v) is 2.77. The number of benzene rings is 1. The zero-order valence-corrected chi connectivity index (χ0v) is 11.4. The van der Waals surface area contributed by atoms with Crippen molar-refractivity contribution in [2.75, 3.05) is 6.54 Å². The first-order valence-corrected chi connectivity index (χ1v) is 7.20. The predicted octanol–water partition coefficient (Wildman–Crippen LogP) is 1.60. The van der Waals surface area contributed by atoms with Gasteiger partial charge in [0.25, 0.3) is 0 Å². The highest BCUT2D eigenvalue weighted by atomic mass is 35.5. The molecule has 0 saturated carbocycles. The summed E-state index contributed by atoms with van der Waals surface area (Å²) in [6.45, 7) is 4.08. The summed E-state index contributed by atoms with van der Waals surface area (Å²) in [5, 5.41) is 0.207. The van der Waals surface area contributed by atoms with Crippen LogP contribution in [0.15, 0.2) is 29.2 Å². The smallest absolute Gasteiger partial charge is 0.242 e. The quantitative estimate of drug-likeness (QED) is 0.858. The van der Waals surface area contributed by atoms with E-state index < -0.39 is 10.0 Å². The van der Waals surface area contributed by atoms with Gasteiger partial charge in [-0.2, -0.15) is 0 Å². The van der Waals surface area contributed by atoms with Crippen LogP contribution in [-0.2, 0) is 10.0 Å². The Labute approximate surface area is 107 Å². The summed E-state index contributed by atoms with van der Waals surface area (Å²) in [5.74, 6) is 0.212. The van der Waals surface area contributed by atoms with E-state index in [-0.39, 0.29) is 28.4 Å². The number of nitrogens with two attached hydrogens (primary N) is 1. The SMILES string of the molecule is CC(C)C(N)CNS(=O)(=O)c1ccccc1Cl. The maximum Gasteiger partial charge on any atom is 0.242 e. The second kappa shape index (κ2) is 5.82. The fraction of sp³-hybridized carbons (Fsp3) is 0.455. The maximum atomic E-state index is 11.9. The molecule has 0 fully saturated rings. The highest BCUT2D eigenvalue weighted by Crippen LogP contribution is 2.20. The lowest BCUT2D eigenvalue weighted by Crippen LogP contribution is -2.40. The number of hydrogen-bond donors (Lipinski definition) is 2. The Hall–Kier alpha value is -0.620. The van der Waals surface area contributed by atoms with Gasteiger partial charge in [-0.3, -0.25) is 0 Å². The molecular weight excluding hydrogens is 260 g/mol. The Morgan fingerprint density at radius 1 is 1.35 bits per heavy atom. The molecule has 1 atom stereocenters. The fourth-order valence-electron chi connectivity index (χ4n) is 1.18. The highest BCUT2D eigenvalue weighted by molar-refractivity contribution is 7.89. The molecule has 3 N–H and O–H groups in total. The Morgan fingerprint density at radius 3 is 2.47 bits per heavy atom. The summed E-state index contributed by atoms with van der Waals surface area (Å²) < 4.78 is 26.3. The maximum absolute atomic E-state index is 11.9. The molecule has 17 heavy (non-hydrogen) atoms. The van der Waals surface area contributed by atoms with Gasteiger partial charge in [-0.05, 0) is 18.1 Å². The van der Waals surface area contributed by atoms with Crippen molar-refractivity contribution in [1.29, 1.82) is 0 Å². The van der Waals surface area contributed by atoms with Gasteiger partial charge in [0.15, 0.2) is 0 Å². The molecule has 1 aromatic carbocycles. The van der Waals surface area contributed by atoms with Gasteiger partial charge in [0.05, 0.1) is 5.02 Å². The predicted molar refractivity (Wildman–Crippen MR) is 69.5 cm³/mol. The largest absolute Gasteiger partial charge is 0.326 e. The lowest BCUT2D eigenvalue weighted by Gasteiger charge is -2.16. The standard InChI is InChI=1S/C11H17ClN2O2S/c1-8(2)10(13)7-14-17(15,16)11-6-4-3-5-9(11)12/h3-6,8,10,14H,7,13H2,1-2H3. The van der Waals surface area contributed by atoms with Crippen LogP contribution in [0.4, 0.5) is 0 Å². The molecule has 0 bridgehead atoms. The van der Waals surface area contributed by atoms with Crippen LogP contribution in [-0.4, -0.2) is 21.0 Å². The number of nitrogens with one attached hydrogen (secondary N) is 1. The first-order valence-electron chi connectivity index (χ1n) is 5.34. The highest BCUT2D eigenvalue weighted by Gasteiger charge is 2.18. The molecule has 0 aliphatic rings. The lowest BCUT2D eigenvalue weighted by atomic mass is 10.1. The molecule has 6 heteroatoms. The zero-order chi connectivity index (χ0) is 13.1. The van der Waals surface area contributed by atoms with E-state index in [2.05, 4.69) is 4.72 Å². The second-order valence-electron chi connectivity index (χ2n) is 4.19. The molecular formula is C11H17ClN2O2S. The number of hydrogen-bond acceptors (Lipinski definition) is 3. The van der Waals surface area contributed by atoms with Gasteiger partial charge >= 0.3 is 0 Å². The average molecular weight is 277 g/mol. The summed E-state index contributed by atoms with van der Waals surface area (Å²) in [5.41, 5.74) is 5.78. The first-order chi connectivity index (χ1) is 7.84. The van der Waals surface area contributed by atoms with Crippen molar-refractivity contribution in [2.24, 2.45) is 11.7 Å². The summed E-state index contributed by atoms with van der Waals surface area (Å²) in [6, 6.07) is 6.10. The van der Waals surface area contributed by atoms with E-state index in [0.717, 1.165) is 0 Å². The van der Waals surface area contributed by atoms with E-state index in [0.29, 0.717) is 0 Å². The lowest BCUT2D eigenvalue weighted by molar-refractivity contribution is 0.481. The van der Waals surface area contributed by atoms with E-state index in [9.17, 15) is 8.42 Å². The summed E-state index contributed by atoms with van der Waals surface area (Å²) >= 11 is 5.84. The van der Waals surface area contributed by atoms with E-state index in [4.69, 9.17) is 17.3 Å². The molecule has 0 aromatic heterocycles. The Bertz CT molecular complexity index is 474. The van der Waals surface area contributed by atoms with E-state index in [1.165, 1.54) is 6.07 Å². The average Bonchev–Trinajstić information content (AvgIpc) is 2.26. The molecule has 0 aliphatic carbocycles. The molecule has 0 heterocycles. The minimum Gasteiger partial charge on any atom is -0.326 e. The molecule has 0 saturated heterocycles. The molecule has 0 spiro atoms.